The zero-order valence-electron chi connectivity index (χ0n) is 11.4. The first-order valence-electron chi connectivity index (χ1n) is 6.18. The van der Waals surface area contributed by atoms with Gasteiger partial charge in [-0.25, -0.2) is 0 Å². The summed E-state index contributed by atoms with van der Waals surface area (Å²) in [6.45, 7) is 12.4. The van der Waals surface area contributed by atoms with Crippen LogP contribution in [0.1, 0.15) is 38.3 Å². The maximum Gasteiger partial charge on any atom is 0.0166 e. The number of hydrogen-bond acceptors (Lipinski definition) is 1. The predicted molar refractivity (Wildman–Crippen MR) is 76.6 cm³/mol. The lowest BCUT2D eigenvalue weighted by atomic mass is 9.89. The monoisotopic (exact) mass is 229 g/mol. The Kier molecular flexibility index (Phi) is 4.56. The van der Waals surface area contributed by atoms with Gasteiger partial charge in [-0.1, -0.05) is 55.8 Å². The van der Waals surface area contributed by atoms with Crippen LogP contribution >= 0.6 is 0 Å². The Morgan fingerprint density at radius 1 is 1.29 bits per heavy atom. The third kappa shape index (κ3) is 3.23. The number of hydrogen-bond donors (Lipinski definition) is 1. The maximum absolute atomic E-state index is 5.82. The average Bonchev–Trinajstić information content (AvgIpc) is 2.30. The van der Waals surface area contributed by atoms with Gasteiger partial charge in [0.05, 0.1) is 0 Å². The van der Waals surface area contributed by atoms with Crippen molar-refractivity contribution in [3.05, 3.63) is 53.2 Å². The van der Waals surface area contributed by atoms with E-state index in [0.29, 0.717) is 0 Å². The van der Waals surface area contributed by atoms with Gasteiger partial charge in [-0.2, -0.15) is 0 Å². The second kappa shape index (κ2) is 5.72. The average molecular weight is 229 g/mol. The Morgan fingerprint density at radius 2 is 1.82 bits per heavy atom. The van der Waals surface area contributed by atoms with Crippen LogP contribution in [0.3, 0.4) is 0 Å². The zero-order chi connectivity index (χ0) is 13.0. The van der Waals surface area contributed by atoms with Gasteiger partial charge < -0.3 is 5.73 Å². The molecular formula is C16H23N. The number of benzene rings is 1. The Hall–Kier alpha value is -1.50. The highest BCUT2D eigenvalue weighted by Gasteiger charge is 2.12. The molecule has 1 heteroatoms. The molecule has 0 aliphatic carbocycles. The zero-order valence-corrected chi connectivity index (χ0v) is 11.4. The van der Waals surface area contributed by atoms with E-state index in [2.05, 4.69) is 58.5 Å². The molecular weight excluding hydrogens is 206 g/mol. The first kappa shape index (κ1) is 13.6. The van der Waals surface area contributed by atoms with Crippen LogP contribution in [0.15, 0.2) is 42.1 Å². The second-order valence-electron chi connectivity index (χ2n) is 4.67. The van der Waals surface area contributed by atoms with Gasteiger partial charge in [-0.15, -0.1) is 0 Å². The smallest absolute Gasteiger partial charge is 0.0166 e. The van der Waals surface area contributed by atoms with Gasteiger partial charge in [-0.3, -0.25) is 0 Å². The van der Waals surface area contributed by atoms with Gasteiger partial charge >= 0.3 is 0 Å². The molecule has 17 heavy (non-hydrogen) atoms. The molecule has 0 fully saturated rings. The molecule has 1 atom stereocenters. The van der Waals surface area contributed by atoms with Crippen LogP contribution in [0.4, 0.5) is 0 Å². The Bertz CT molecular complexity index is 423. The van der Waals surface area contributed by atoms with Crippen LogP contribution in [0.2, 0.25) is 0 Å². The summed E-state index contributed by atoms with van der Waals surface area (Å²) in [4.78, 5) is 0. The van der Waals surface area contributed by atoms with E-state index in [1.807, 2.05) is 0 Å². The first-order valence-corrected chi connectivity index (χ1v) is 6.18. The lowest BCUT2D eigenvalue weighted by Gasteiger charge is -2.18. The molecule has 0 aromatic heterocycles. The van der Waals surface area contributed by atoms with Gasteiger partial charge in [0.15, 0.2) is 0 Å². The normalized spacial score (nSPS) is 14.1. The molecule has 0 bridgehead atoms. The summed E-state index contributed by atoms with van der Waals surface area (Å²) < 4.78 is 0. The SMILES string of the molecule is C=C(N)C(C)/C(CC)=C(\C)c1ccc(C)cc1. The molecule has 0 saturated heterocycles. The molecule has 0 aliphatic heterocycles. The van der Waals surface area contributed by atoms with Crippen LogP contribution in [-0.4, -0.2) is 0 Å². The van der Waals surface area contributed by atoms with Crippen molar-refractivity contribution >= 4 is 5.57 Å². The van der Waals surface area contributed by atoms with E-state index in [-0.39, 0.29) is 5.92 Å². The largest absolute Gasteiger partial charge is 0.402 e. The summed E-state index contributed by atoms with van der Waals surface area (Å²) >= 11 is 0. The van der Waals surface area contributed by atoms with E-state index in [1.54, 1.807) is 0 Å². The fourth-order valence-electron chi connectivity index (χ4n) is 2.11. The van der Waals surface area contributed by atoms with Crippen molar-refractivity contribution in [3.8, 4) is 0 Å². The standard InChI is InChI=1S/C16H23N/c1-6-16(12(3)14(5)17)13(4)15-9-7-11(2)8-10-15/h7-10,12H,5-6,17H2,1-4H3/b16-13+. The molecule has 1 rings (SSSR count). The second-order valence-corrected chi connectivity index (χ2v) is 4.67. The van der Waals surface area contributed by atoms with E-state index < -0.39 is 0 Å². The maximum atomic E-state index is 5.82. The van der Waals surface area contributed by atoms with Crippen LogP contribution in [0.5, 0.6) is 0 Å². The van der Waals surface area contributed by atoms with Crippen LogP contribution in [0, 0.1) is 12.8 Å². The van der Waals surface area contributed by atoms with Crippen molar-refractivity contribution in [3.63, 3.8) is 0 Å². The number of nitrogens with two attached hydrogens (primary N) is 1. The third-order valence-electron chi connectivity index (χ3n) is 3.43. The molecule has 0 aliphatic rings. The fraction of sp³-hybridized carbons (Fsp3) is 0.375. The van der Waals surface area contributed by atoms with E-state index >= 15 is 0 Å². The van der Waals surface area contributed by atoms with E-state index in [9.17, 15) is 0 Å². The van der Waals surface area contributed by atoms with Crippen molar-refractivity contribution in [1.82, 2.24) is 0 Å². The molecule has 1 unspecified atom stereocenters. The van der Waals surface area contributed by atoms with Gasteiger partial charge in [0.2, 0.25) is 0 Å². The Morgan fingerprint density at radius 3 is 2.24 bits per heavy atom. The Labute approximate surface area is 105 Å². The van der Waals surface area contributed by atoms with Crippen LogP contribution < -0.4 is 5.73 Å². The molecule has 0 saturated carbocycles. The first-order chi connectivity index (χ1) is 7.97. The van der Waals surface area contributed by atoms with E-state index in [0.717, 1.165) is 12.1 Å². The molecule has 1 aromatic rings. The summed E-state index contributed by atoms with van der Waals surface area (Å²) in [6.07, 6.45) is 1.01. The summed E-state index contributed by atoms with van der Waals surface area (Å²) in [5.41, 5.74) is 11.8. The lowest BCUT2D eigenvalue weighted by molar-refractivity contribution is 0.755. The number of allylic oxidation sites excluding steroid dienone is 2. The summed E-state index contributed by atoms with van der Waals surface area (Å²) in [6, 6.07) is 8.64. The lowest BCUT2D eigenvalue weighted by Crippen LogP contribution is -2.10. The summed E-state index contributed by atoms with van der Waals surface area (Å²) in [5.74, 6) is 0.251. The molecule has 0 spiro atoms. The van der Waals surface area contributed by atoms with Crippen molar-refractivity contribution in [1.29, 1.82) is 0 Å². The van der Waals surface area contributed by atoms with E-state index in [4.69, 9.17) is 5.73 Å². The van der Waals surface area contributed by atoms with Crippen LogP contribution in [-0.2, 0) is 0 Å². The molecule has 1 aromatic carbocycles. The minimum absolute atomic E-state index is 0.251. The molecule has 92 valence electrons. The minimum atomic E-state index is 0.251. The van der Waals surface area contributed by atoms with Crippen molar-refractivity contribution in [2.24, 2.45) is 11.7 Å². The van der Waals surface area contributed by atoms with E-state index in [1.165, 1.54) is 22.3 Å². The summed E-state index contributed by atoms with van der Waals surface area (Å²) in [7, 11) is 0. The number of rotatable bonds is 4. The third-order valence-corrected chi connectivity index (χ3v) is 3.43. The quantitative estimate of drug-likeness (QED) is 0.819. The van der Waals surface area contributed by atoms with Gasteiger partial charge in [0, 0.05) is 11.6 Å². The molecule has 0 amide bonds. The molecule has 0 heterocycles. The van der Waals surface area contributed by atoms with Gasteiger partial charge in [-0.05, 0) is 31.4 Å². The highest BCUT2D eigenvalue weighted by molar-refractivity contribution is 5.68. The van der Waals surface area contributed by atoms with Gasteiger partial charge in [0.25, 0.3) is 0 Å². The van der Waals surface area contributed by atoms with Gasteiger partial charge in [0.1, 0.15) is 0 Å². The van der Waals surface area contributed by atoms with Crippen molar-refractivity contribution in [2.75, 3.05) is 0 Å². The highest BCUT2D eigenvalue weighted by Crippen LogP contribution is 2.28. The van der Waals surface area contributed by atoms with Crippen LogP contribution in [0.25, 0.3) is 5.57 Å². The molecule has 2 N–H and O–H groups in total. The topological polar surface area (TPSA) is 26.0 Å². The highest BCUT2D eigenvalue weighted by atomic mass is 14.6. The van der Waals surface area contributed by atoms with Crippen molar-refractivity contribution in [2.45, 2.75) is 34.1 Å². The summed E-state index contributed by atoms with van der Waals surface area (Å²) in [5, 5.41) is 0. The minimum Gasteiger partial charge on any atom is -0.402 e. The number of aryl methyl sites for hydroxylation is 1. The molecule has 1 nitrogen and oxygen atoms in total. The van der Waals surface area contributed by atoms with Crippen molar-refractivity contribution < 1.29 is 0 Å². The Balaban J connectivity index is 3.16. The molecule has 0 radical (unpaired) electrons. The predicted octanol–water partition coefficient (Wildman–Crippen LogP) is 4.29. The fourth-order valence-corrected chi connectivity index (χ4v) is 2.11.